The van der Waals surface area contributed by atoms with Gasteiger partial charge in [-0.15, -0.1) is 0 Å². The van der Waals surface area contributed by atoms with Crippen molar-refractivity contribution in [3.05, 3.63) is 76.2 Å². The molecule has 1 saturated carbocycles. The minimum absolute atomic E-state index is 0.114. The number of H-pyrrole nitrogens is 3. The molecule has 8 heteroatoms. The molecule has 0 spiro atoms. The van der Waals surface area contributed by atoms with E-state index in [1.54, 1.807) is 0 Å². The van der Waals surface area contributed by atoms with Crippen molar-refractivity contribution in [1.82, 2.24) is 25.4 Å². The van der Waals surface area contributed by atoms with Crippen LogP contribution >= 0.6 is 0 Å². The first kappa shape index (κ1) is 17.8. The third-order valence-electron chi connectivity index (χ3n) is 5.71. The molecule has 1 aliphatic carbocycles. The summed E-state index contributed by atoms with van der Waals surface area (Å²) in [6, 6.07) is 17.9. The van der Waals surface area contributed by atoms with Gasteiger partial charge in [-0.25, -0.2) is 4.98 Å². The number of nitrogens with one attached hydrogen (secondary N) is 5. The number of rotatable bonds is 6. The van der Waals surface area contributed by atoms with Gasteiger partial charge in [0.05, 0.1) is 22.1 Å². The van der Waals surface area contributed by atoms with Gasteiger partial charge in [0.2, 0.25) is 0 Å². The van der Waals surface area contributed by atoms with Gasteiger partial charge in [-0.2, -0.15) is 5.10 Å². The van der Waals surface area contributed by atoms with Crippen molar-refractivity contribution in [2.24, 2.45) is 0 Å². The van der Waals surface area contributed by atoms with Gasteiger partial charge >= 0.3 is 0 Å². The van der Waals surface area contributed by atoms with Crippen LogP contribution in [0.4, 0.5) is 17.3 Å². The quantitative estimate of drug-likeness (QED) is 0.285. The Morgan fingerprint density at radius 1 is 0.968 bits per heavy atom. The molecule has 0 aliphatic heterocycles. The van der Waals surface area contributed by atoms with Gasteiger partial charge < -0.3 is 10.6 Å². The number of nitrogens with zero attached hydrogens (tertiary/aromatic N) is 2. The maximum Gasteiger partial charge on any atom is 0.271 e. The summed E-state index contributed by atoms with van der Waals surface area (Å²) in [5.74, 6) is 2.18. The first-order valence-electron chi connectivity index (χ1n) is 10.4. The average molecular weight is 411 g/mol. The van der Waals surface area contributed by atoms with E-state index in [1.807, 2.05) is 42.5 Å². The third-order valence-corrected chi connectivity index (χ3v) is 5.71. The number of aromatic nitrogens is 5. The van der Waals surface area contributed by atoms with Gasteiger partial charge in [-0.1, -0.05) is 24.3 Å². The highest BCUT2D eigenvalue weighted by Crippen LogP contribution is 2.40. The number of benzene rings is 2. The summed E-state index contributed by atoms with van der Waals surface area (Å²) in [6.07, 6.45) is 2.46. The predicted molar refractivity (Wildman–Crippen MR) is 122 cm³/mol. The summed E-state index contributed by atoms with van der Waals surface area (Å²) in [6.45, 7) is 0.555. The molecule has 3 aromatic heterocycles. The van der Waals surface area contributed by atoms with Crippen LogP contribution in [0.1, 0.15) is 30.0 Å². The largest absolute Gasteiger partial charge is 0.366 e. The van der Waals surface area contributed by atoms with Crippen LogP contribution in [0.2, 0.25) is 0 Å². The van der Waals surface area contributed by atoms with E-state index in [1.165, 1.54) is 18.5 Å². The summed E-state index contributed by atoms with van der Waals surface area (Å²) in [5, 5.41) is 21.6. The second-order valence-electron chi connectivity index (χ2n) is 7.99. The Kier molecular flexibility index (Phi) is 4.02. The Hall–Kier alpha value is -4.07. The fraction of sp³-hybridized carbons (Fsp3) is 0.174. The van der Waals surface area contributed by atoms with Crippen molar-refractivity contribution < 1.29 is 0 Å². The van der Waals surface area contributed by atoms with Crippen LogP contribution in [0.25, 0.3) is 21.8 Å². The fourth-order valence-electron chi connectivity index (χ4n) is 3.89. The molecule has 0 saturated heterocycles. The molecule has 31 heavy (non-hydrogen) atoms. The smallest absolute Gasteiger partial charge is 0.271 e. The first-order chi connectivity index (χ1) is 15.2. The Morgan fingerprint density at radius 3 is 2.77 bits per heavy atom. The van der Waals surface area contributed by atoms with Crippen molar-refractivity contribution in [1.29, 1.82) is 0 Å². The van der Waals surface area contributed by atoms with E-state index in [2.05, 4.69) is 43.2 Å². The number of hydrogen-bond donors (Lipinski definition) is 5. The molecule has 5 aromatic rings. The van der Waals surface area contributed by atoms with E-state index in [9.17, 15) is 4.79 Å². The zero-order valence-electron chi connectivity index (χ0n) is 16.7. The Bertz CT molecular complexity index is 1460. The van der Waals surface area contributed by atoms with Crippen LogP contribution in [0.5, 0.6) is 0 Å². The molecular weight excluding hydrogens is 390 g/mol. The zero-order chi connectivity index (χ0) is 20.8. The summed E-state index contributed by atoms with van der Waals surface area (Å²) < 4.78 is 0. The van der Waals surface area contributed by atoms with Gasteiger partial charge in [0.1, 0.15) is 5.82 Å². The lowest BCUT2D eigenvalue weighted by atomic mass is 10.1. The molecule has 8 nitrogen and oxygen atoms in total. The van der Waals surface area contributed by atoms with Crippen LogP contribution < -0.4 is 16.2 Å². The van der Waals surface area contributed by atoms with Crippen LogP contribution in [0.15, 0.2) is 59.4 Å². The molecule has 2 aromatic carbocycles. The molecule has 154 valence electrons. The van der Waals surface area contributed by atoms with E-state index in [4.69, 9.17) is 4.98 Å². The summed E-state index contributed by atoms with van der Waals surface area (Å²) in [5.41, 5.74) is 4.72. The monoisotopic (exact) mass is 411 g/mol. The second kappa shape index (κ2) is 7.02. The van der Waals surface area contributed by atoms with Crippen molar-refractivity contribution in [2.45, 2.75) is 25.3 Å². The van der Waals surface area contributed by atoms with Gasteiger partial charge in [0.25, 0.3) is 5.56 Å². The zero-order valence-corrected chi connectivity index (χ0v) is 16.7. The highest BCUT2D eigenvalue weighted by Gasteiger charge is 2.25. The predicted octanol–water partition coefficient (Wildman–Crippen LogP) is 4.36. The van der Waals surface area contributed by atoms with Crippen molar-refractivity contribution in [3.8, 4) is 0 Å². The maximum atomic E-state index is 11.9. The lowest BCUT2D eigenvalue weighted by molar-refractivity contribution is 0.967. The van der Waals surface area contributed by atoms with E-state index in [-0.39, 0.29) is 5.56 Å². The Labute approximate surface area is 177 Å². The van der Waals surface area contributed by atoms with Gasteiger partial charge in [0, 0.05) is 35.7 Å². The standard InChI is InChI=1S/C23H21N7O/c31-23-16-9-13(5-8-18(16)27-30-23)12-24-21-11-20(15-3-1-2-4-17(15)25-21)26-22-10-19(28-29-22)14-6-7-14/h1-5,8-11,14H,6-7,12H2,(H2,27,30,31)(H3,24,25,26,28,29). The van der Waals surface area contributed by atoms with Crippen molar-refractivity contribution >= 4 is 39.1 Å². The van der Waals surface area contributed by atoms with Crippen molar-refractivity contribution in [2.75, 3.05) is 10.6 Å². The molecule has 0 unspecified atom stereocenters. The summed E-state index contributed by atoms with van der Waals surface area (Å²) in [4.78, 5) is 16.6. The second-order valence-corrected chi connectivity index (χ2v) is 7.99. The third kappa shape index (κ3) is 3.42. The molecule has 0 bridgehead atoms. The molecule has 1 fully saturated rings. The Morgan fingerprint density at radius 2 is 1.87 bits per heavy atom. The number of para-hydroxylation sites is 1. The molecule has 6 rings (SSSR count). The van der Waals surface area contributed by atoms with Crippen molar-refractivity contribution in [3.63, 3.8) is 0 Å². The van der Waals surface area contributed by atoms with Crippen LogP contribution in [-0.4, -0.2) is 25.4 Å². The average Bonchev–Trinajstić information content (AvgIpc) is 3.44. The van der Waals surface area contributed by atoms with Crippen LogP contribution in [0.3, 0.4) is 0 Å². The van der Waals surface area contributed by atoms with E-state index < -0.39 is 0 Å². The van der Waals surface area contributed by atoms with Crippen LogP contribution in [-0.2, 0) is 6.54 Å². The number of hydrogen-bond acceptors (Lipinski definition) is 5. The number of pyridine rings is 1. The molecular formula is C23H21N7O. The van der Waals surface area contributed by atoms with E-state index in [0.29, 0.717) is 17.8 Å². The topological polar surface area (TPSA) is 114 Å². The highest BCUT2D eigenvalue weighted by molar-refractivity contribution is 5.94. The highest BCUT2D eigenvalue weighted by atomic mass is 16.1. The van der Waals surface area contributed by atoms with Gasteiger partial charge in [0.15, 0.2) is 5.82 Å². The molecule has 0 radical (unpaired) electrons. The minimum Gasteiger partial charge on any atom is -0.366 e. The Balaban J connectivity index is 1.29. The SMILES string of the molecule is O=c1[nH][nH]c2ccc(CNc3cc(Nc4cc(C5CC5)[nH]n4)c4ccccc4n3)cc12. The van der Waals surface area contributed by atoms with Gasteiger partial charge in [-0.3, -0.25) is 20.1 Å². The number of fused-ring (bicyclic) bond motifs is 2. The van der Waals surface area contributed by atoms with Gasteiger partial charge in [-0.05, 0) is 36.6 Å². The summed E-state index contributed by atoms with van der Waals surface area (Å²) >= 11 is 0. The minimum atomic E-state index is -0.114. The lowest BCUT2D eigenvalue weighted by Crippen LogP contribution is -2.04. The number of anilines is 3. The molecule has 1 aliphatic rings. The van der Waals surface area contributed by atoms with E-state index in [0.717, 1.165) is 39.3 Å². The molecule has 3 heterocycles. The molecule has 5 N–H and O–H groups in total. The number of aromatic amines is 3. The van der Waals surface area contributed by atoms with E-state index >= 15 is 0 Å². The summed E-state index contributed by atoms with van der Waals surface area (Å²) in [7, 11) is 0. The lowest BCUT2D eigenvalue weighted by Gasteiger charge is -2.12. The molecule has 0 amide bonds. The van der Waals surface area contributed by atoms with Crippen LogP contribution in [0, 0.1) is 0 Å². The first-order valence-corrected chi connectivity index (χ1v) is 10.4. The normalized spacial score (nSPS) is 13.7. The maximum absolute atomic E-state index is 11.9. The fourth-order valence-corrected chi connectivity index (χ4v) is 3.89. The molecule has 0 atom stereocenters.